The molecule has 9 heteroatoms. The molecule has 0 aliphatic rings. The summed E-state index contributed by atoms with van der Waals surface area (Å²) in [5.41, 5.74) is 1.48. The molecule has 0 radical (unpaired) electrons. The van der Waals surface area contributed by atoms with Gasteiger partial charge >= 0.3 is 0 Å². The number of hydrogen-bond donors (Lipinski definition) is 2. The summed E-state index contributed by atoms with van der Waals surface area (Å²) in [6, 6.07) is 18.7. The Balaban J connectivity index is 1.38. The molecule has 2 heterocycles. The SMILES string of the molecule is COc1cc(CNC(=O)c2cccc(Sc3cnc(Nc4ccccn4)s3)c2)cc(OC)c1. The molecule has 2 aromatic carbocycles. The van der Waals surface area contributed by atoms with Gasteiger partial charge in [-0.25, -0.2) is 9.97 Å². The van der Waals surface area contributed by atoms with Crippen molar-refractivity contribution in [1.29, 1.82) is 0 Å². The third-order valence-corrected chi connectivity index (χ3v) is 6.57. The fourth-order valence-corrected chi connectivity index (χ4v) is 4.90. The van der Waals surface area contributed by atoms with E-state index in [-0.39, 0.29) is 5.91 Å². The van der Waals surface area contributed by atoms with Crippen LogP contribution in [0.4, 0.5) is 10.9 Å². The normalized spacial score (nSPS) is 10.5. The number of aromatic nitrogens is 2. The maximum Gasteiger partial charge on any atom is 0.251 e. The number of ether oxygens (including phenoxy) is 2. The summed E-state index contributed by atoms with van der Waals surface area (Å²) in [5, 5.41) is 6.91. The molecule has 168 valence electrons. The Morgan fingerprint density at radius 2 is 1.82 bits per heavy atom. The average Bonchev–Trinajstić information content (AvgIpc) is 3.29. The van der Waals surface area contributed by atoms with Gasteiger partial charge in [0.15, 0.2) is 5.13 Å². The monoisotopic (exact) mass is 478 g/mol. The van der Waals surface area contributed by atoms with Crippen LogP contribution in [0.1, 0.15) is 15.9 Å². The highest BCUT2D eigenvalue weighted by Crippen LogP contribution is 2.35. The number of hydrogen-bond acceptors (Lipinski definition) is 8. The molecule has 4 rings (SSSR count). The fourth-order valence-electron chi connectivity index (χ4n) is 2.98. The molecule has 0 aliphatic heterocycles. The minimum atomic E-state index is -0.152. The molecule has 4 aromatic rings. The van der Waals surface area contributed by atoms with Crippen molar-refractivity contribution in [1.82, 2.24) is 15.3 Å². The molecule has 0 saturated heterocycles. The lowest BCUT2D eigenvalue weighted by atomic mass is 10.1. The van der Waals surface area contributed by atoms with Crippen LogP contribution in [-0.4, -0.2) is 30.1 Å². The quantitative estimate of drug-likeness (QED) is 0.334. The number of nitrogens with zero attached hydrogens (tertiary/aromatic N) is 2. The van der Waals surface area contributed by atoms with Crippen molar-refractivity contribution >= 4 is 40.0 Å². The molecule has 0 fully saturated rings. The van der Waals surface area contributed by atoms with E-state index < -0.39 is 0 Å². The molecule has 2 aromatic heterocycles. The van der Waals surface area contributed by atoms with Gasteiger partial charge in [-0.1, -0.05) is 35.2 Å². The highest BCUT2D eigenvalue weighted by molar-refractivity contribution is 8.01. The standard InChI is InChI=1S/C24H22N4O3S2/c1-30-18-10-16(11-19(13-18)31-2)14-26-23(29)17-6-5-7-20(12-17)32-22-15-27-24(33-22)28-21-8-3-4-9-25-21/h3-13,15H,14H2,1-2H3,(H,26,29)(H,25,27,28). The van der Waals surface area contributed by atoms with Crippen molar-refractivity contribution in [2.75, 3.05) is 19.5 Å². The highest BCUT2D eigenvalue weighted by atomic mass is 32.2. The van der Waals surface area contributed by atoms with Gasteiger partial charge in [-0.2, -0.15) is 0 Å². The molecule has 33 heavy (non-hydrogen) atoms. The molecule has 1 amide bonds. The van der Waals surface area contributed by atoms with Gasteiger partial charge in [-0.05, 0) is 48.0 Å². The van der Waals surface area contributed by atoms with Crippen LogP contribution in [0.2, 0.25) is 0 Å². The largest absolute Gasteiger partial charge is 0.497 e. The predicted molar refractivity (Wildman–Crippen MR) is 131 cm³/mol. The third kappa shape index (κ3) is 6.24. The van der Waals surface area contributed by atoms with Crippen LogP contribution in [-0.2, 0) is 6.54 Å². The van der Waals surface area contributed by atoms with Crippen molar-refractivity contribution < 1.29 is 14.3 Å². The van der Waals surface area contributed by atoms with E-state index in [2.05, 4.69) is 20.6 Å². The molecule has 0 aliphatic carbocycles. The number of carbonyl (C=O) groups excluding carboxylic acids is 1. The molecule has 0 spiro atoms. The van der Waals surface area contributed by atoms with E-state index in [4.69, 9.17) is 9.47 Å². The van der Waals surface area contributed by atoms with E-state index in [1.165, 1.54) is 11.3 Å². The predicted octanol–water partition coefficient (Wildman–Crippen LogP) is 5.38. The Hall–Kier alpha value is -3.56. The van der Waals surface area contributed by atoms with Crippen molar-refractivity contribution in [3.63, 3.8) is 0 Å². The number of anilines is 2. The Morgan fingerprint density at radius 1 is 1.00 bits per heavy atom. The van der Waals surface area contributed by atoms with E-state index in [0.717, 1.165) is 25.6 Å². The second-order valence-electron chi connectivity index (χ2n) is 6.86. The molecule has 7 nitrogen and oxygen atoms in total. The molecule has 0 atom stereocenters. The van der Waals surface area contributed by atoms with Crippen LogP contribution >= 0.6 is 23.1 Å². The van der Waals surface area contributed by atoms with Gasteiger partial charge in [0.1, 0.15) is 17.3 Å². The Labute approximate surface area is 200 Å². The lowest BCUT2D eigenvalue weighted by molar-refractivity contribution is 0.0950. The Kier molecular flexibility index (Phi) is 7.43. The zero-order valence-electron chi connectivity index (χ0n) is 18.1. The van der Waals surface area contributed by atoms with Crippen molar-refractivity contribution in [3.05, 3.63) is 84.2 Å². The van der Waals surface area contributed by atoms with Crippen molar-refractivity contribution in [2.45, 2.75) is 15.6 Å². The van der Waals surface area contributed by atoms with Gasteiger partial charge in [0.25, 0.3) is 5.91 Å². The van der Waals surface area contributed by atoms with E-state index in [9.17, 15) is 4.79 Å². The summed E-state index contributed by atoms with van der Waals surface area (Å²) < 4.78 is 11.6. The van der Waals surface area contributed by atoms with Crippen molar-refractivity contribution in [2.24, 2.45) is 0 Å². The van der Waals surface area contributed by atoms with Crippen LogP contribution in [0.15, 0.2) is 82.2 Å². The fraction of sp³-hybridized carbons (Fsp3) is 0.125. The second-order valence-corrected chi connectivity index (χ2v) is 9.26. The first-order chi connectivity index (χ1) is 16.1. The topological polar surface area (TPSA) is 85.4 Å². The summed E-state index contributed by atoms with van der Waals surface area (Å²) in [5.74, 6) is 1.95. The van der Waals surface area contributed by atoms with Crippen molar-refractivity contribution in [3.8, 4) is 11.5 Å². The van der Waals surface area contributed by atoms with Crippen LogP contribution in [0.25, 0.3) is 0 Å². The first-order valence-electron chi connectivity index (χ1n) is 10.0. The first kappa shape index (κ1) is 22.6. The van der Waals surface area contributed by atoms with Crippen LogP contribution in [0.5, 0.6) is 11.5 Å². The number of pyridine rings is 1. The average molecular weight is 479 g/mol. The van der Waals surface area contributed by atoms with E-state index in [1.54, 1.807) is 44.3 Å². The van der Waals surface area contributed by atoms with Gasteiger partial charge in [0, 0.05) is 29.3 Å². The number of carbonyl (C=O) groups is 1. The van der Waals surface area contributed by atoms with Gasteiger partial charge in [-0.15, -0.1) is 0 Å². The zero-order chi connectivity index (χ0) is 23.0. The summed E-state index contributed by atoms with van der Waals surface area (Å²) in [6.45, 7) is 0.362. The Bertz CT molecular complexity index is 1210. The summed E-state index contributed by atoms with van der Waals surface area (Å²) >= 11 is 3.09. The third-order valence-electron chi connectivity index (χ3n) is 4.56. The van der Waals surface area contributed by atoms with Gasteiger partial charge in [-0.3, -0.25) is 4.79 Å². The van der Waals surface area contributed by atoms with E-state index >= 15 is 0 Å². The second kappa shape index (κ2) is 10.8. The molecular formula is C24H22N4O3S2. The number of methoxy groups -OCH3 is 2. The van der Waals surface area contributed by atoms with Crippen LogP contribution in [0, 0.1) is 0 Å². The van der Waals surface area contributed by atoms with Crippen LogP contribution in [0.3, 0.4) is 0 Å². The number of benzene rings is 2. The van der Waals surface area contributed by atoms with Gasteiger partial charge in [0.05, 0.1) is 24.6 Å². The molecule has 2 N–H and O–H groups in total. The van der Waals surface area contributed by atoms with Crippen LogP contribution < -0.4 is 20.1 Å². The highest BCUT2D eigenvalue weighted by Gasteiger charge is 2.10. The number of amides is 1. The molecule has 0 saturated carbocycles. The minimum absolute atomic E-state index is 0.152. The molecule has 0 unspecified atom stereocenters. The molecule has 0 bridgehead atoms. The number of nitrogens with one attached hydrogen (secondary N) is 2. The van der Waals surface area contributed by atoms with E-state index in [1.807, 2.05) is 54.7 Å². The summed E-state index contributed by atoms with van der Waals surface area (Å²) in [7, 11) is 3.20. The van der Waals surface area contributed by atoms with Gasteiger partial charge < -0.3 is 20.1 Å². The summed E-state index contributed by atoms with van der Waals surface area (Å²) in [4.78, 5) is 22.3. The number of thiazole rings is 1. The summed E-state index contributed by atoms with van der Waals surface area (Å²) in [6.07, 6.45) is 3.54. The smallest absolute Gasteiger partial charge is 0.251 e. The zero-order valence-corrected chi connectivity index (χ0v) is 19.7. The molecular weight excluding hydrogens is 456 g/mol. The number of rotatable bonds is 9. The van der Waals surface area contributed by atoms with Gasteiger partial charge in [0.2, 0.25) is 0 Å². The maximum absolute atomic E-state index is 12.7. The first-order valence-corrected chi connectivity index (χ1v) is 11.7. The lowest BCUT2D eigenvalue weighted by Gasteiger charge is -2.10. The Morgan fingerprint density at radius 3 is 2.55 bits per heavy atom. The van der Waals surface area contributed by atoms with E-state index in [0.29, 0.717) is 23.6 Å². The maximum atomic E-state index is 12.7. The lowest BCUT2D eigenvalue weighted by Crippen LogP contribution is -2.22. The minimum Gasteiger partial charge on any atom is -0.497 e.